The lowest BCUT2D eigenvalue weighted by atomic mass is 10.1. The second-order valence-electron chi connectivity index (χ2n) is 8.08. The predicted octanol–water partition coefficient (Wildman–Crippen LogP) is 4.58. The van der Waals surface area contributed by atoms with Gasteiger partial charge in [-0.15, -0.1) is 0 Å². The fourth-order valence-corrected chi connectivity index (χ4v) is 4.00. The Bertz CT molecular complexity index is 1200. The molecule has 0 radical (unpaired) electrons. The Kier molecular flexibility index (Phi) is 7.12. The zero-order chi connectivity index (χ0) is 24.2. The van der Waals surface area contributed by atoms with Crippen LogP contribution in [0.1, 0.15) is 24.2 Å². The number of anilines is 3. The van der Waals surface area contributed by atoms with E-state index in [-0.39, 0.29) is 17.9 Å². The number of carbonyl (C=O) groups is 1. The van der Waals surface area contributed by atoms with E-state index in [2.05, 4.69) is 27.1 Å². The molecule has 1 aliphatic rings. The molecule has 0 saturated carbocycles. The molecule has 1 aliphatic heterocycles. The van der Waals surface area contributed by atoms with E-state index >= 15 is 0 Å². The van der Waals surface area contributed by atoms with Gasteiger partial charge in [0, 0.05) is 49.9 Å². The summed E-state index contributed by atoms with van der Waals surface area (Å²) in [5.41, 5.74) is 1.74. The number of piperazine rings is 1. The standard InChI is InChI=1S/C25H28F2N4O3/c1-4-33-23-14-20-17(13-22(23)31-10-8-30(3)9-11-31)24(18(15-28-20)25(32)34-5-2)29-21-12-16(26)6-7-19(21)27/h6-7,12-15H,4-5,8-11H2,1-3H3,(H,28,29). The van der Waals surface area contributed by atoms with Crippen LogP contribution in [0.3, 0.4) is 0 Å². The van der Waals surface area contributed by atoms with Crippen molar-refractivity contribution in [1.82, 2.24) is 9.88 Å². The summed E-state index contributed by atoms with van der Waals surface area (Å²) >= 11 is 0. The highest BCUT2D eigenvalue weighted by molar-refractivity contribution is 6.07. The van der Waals surface area contributed by atoms with E-state index in [1.165, 1.54) is 6.20 Å². The first-order chi connectivity index (χ1) is 16.4. The lowest BCUT2D eigenvalue weighted by Gasteiger charge is -2.35. The van der Waals surface area contributed by atoms with Gasteiger partial charge in [-0.1, -0.05) is 0 Å². The van der Waals surface area contributed by atoms with Crippen LogP contribution in [0.15, 0.2) is 36.5 Å². The molecule has 180 valence electrons. The molecule has 2 heterocycles. The SMILES string of the molecule is CCOC(=O)c1cnc2cc(OCC)c(N3CCN(C)CC3)cc2c1Nc1cc(F)ccc1F. The molecule has 0 unspecified atom stereocenters. The third kappa shape index (κ3) is 4.89. The summed E-state index contributed by atoms with van der Waals surface area (Å²) in [4.78, 5) is 21.6. The smallest absolute Gasteiger partial charge is 0.341 e. The second-order valence-corrected chi connectivity index (χ2v) is 8.08. The number of hydrogen-bond donors (Lipinski definition) is 1. The van der Waals surface area contributed by atoms with Gasteiger partial charge in [0.1, 0.15) is 22.9 Å². The normalized spacial score (nSPS) is 14.3. The number of rotatable bonds is 7. The van der Waals surface area contributed by atoms with Crippen molar-refractivity contribution < 1.29 is 23.0 Å². The highest BCUT2D eigenvalue weighted by Gasteiger charge is 2.23. The summed E-state index contributed by atoms with van der Waals surface area (Å²) in [7, 11) is 2.08. The number of aromatic nitrogens is 1. The van der Waals surface area contributed by atoms with Gasteiger partial charge in [-0.3, -0.25) is 4.98 Å². The Morgan fingerprint density at radius 3 is 2.56 bits per heavy atom. The van der Waals surface area contributed by atoms with Crippen molar-refractivity contribution in [2.75, 3.05) is 56.7 Å². The lowest BCUT2D eigenvalue weighted by molar-refractivity contribution is 0.0527. The minimum absolute atomic E-state index is 0.0897. The molecule has 0 bridgehead atoms. The Morgan fingerprint density at radius 1 is 1.09 bits per heavy atom. The molecule has 7 nitrogen and oxygen atoms in total. The second kappa shape index (κ2) is 10.2. The Labute approximate surface area is 197 Å². The molecular formula is C25H28F2N4O3. The number of nitrogens with one attached hydrogen (secondary N) is 1. The van der Waals surface area contributed by atoms with Gasteiger partial charge in [-0.2, -0.15) is 0 Å². The largest absolute Gasteiger partial charge is 0.492 e. The molecule has 1 saturated heterocycles. The topological polar surface area (TPSA) is 66.9 Å². The third-order valence-electron chi connectivity index (χ3n) is 5.78. The van der Waals surface area contributed by atoms with Crippen molar-refractivity contribution in [3.63, 3.8) is 0 Å². The number of hydrogen-bond acceptors (Lipinski definition) is 7. The first-order valence-electron chi connectivity index (χ1n) is 11.3. The van der Waals surface area contributed by atoms with Crippen LogP contribution in [0.25, 0.3) is 10.9 Å². The molecule has 1 fully saturated rings. The summed E-state index contributed by atoms with van der Waals surface area (Å²) in [6.45, 7) is 7.64. The van der Waals surface area contributed by atoms with Gasteiger partial charge in [0.2, 0.25) is 0 Å². The van der Waals surface area contributed by atoms with E-state index in [1.54, 1.807) is 6.92 Å². The zero-order valence-corrected chi connectivity index (χ0v) is 19.5. The Hall–Kier alpha value is -3.46. The highest BCUT2D eigenvalue weighted by atomic mass is 19.1. The van der Waals surface area contributed by atoms with Crippen LogP contribution in [-0.2, 0) is 4.74 Å². The van der Waals surface area contributed by atoms with E-state index in [0.717, 1.165) is 50.1 Å². The van der Waals surface area contributed by atoms with Crippen LogP contribution in [0.4, 0.5) is 25.8 Å². The summed E-state index contributed by atoms with van der Waals surface area (Å²) in [5, 5.41) is 3.50. The molecule has 0 amide bonds. The maximum Gasteiger partial charge on any atom is 0.341 e. The monoisotopic (exact) mass is 470 g/mol. The van der Waals surface area contributed by atoms with E-state index in [1.807, 2.05) is 19.1 Å². The third-order valence-corrected chi connectivity index (χ3v) is 5.78. The van der Waals surface area contributed by atoms with Gasteiger partial charge >= 0.3 is 5.97 Å². The first-order valence-corrected chi connectivity index (χ1v) is 11.3. The molecular weight excluding hydrogens is 442 g/mol. The number of halogens is 2. The fraction of sp³-hybridized carbons (Fsp3) is 0.360. The number of nitrogens with zero attached hydrogens (tertiary/aromatic N) is 3. The number of pyridine rings is 1. The van der Waals surface area contributed by atoms with Crippen molar-refractivity contribution in [3.05, 3.63) is 53.7 Å². The lowest BCUT2D eigenvalue weighted by Crippen LogP contribution is -2.44. The van der Waals surface area contributed by atoms with E-state index in [9.17, 15) is 13.6 Å². The summed E-state index contributed by atoms with van der Waals surface area (Å²) < 4.78 is 39.5. The molecule has 1 N–H and O–H groups in total. The zero-order valence-electron chi connectivity index (χ0n) is 19.5. The molecule has 0 atom stereocenters. The minimum Gasteiger partial charge on any atom is -0.492 e. The van der Waals surface area contributed by atoms with Crippen molar-refractivity contribution in [3.8, 4) is 5.75 Å². The maximum absolute atomic E-state index is 14.5. The van der Waals surface area contributed by atoms with Crippen LogP contribution in [-0.4, -0.2) is 62.3 Å². The van der Waals surface area contributed by atoms with Gasteiger partial charge in [-0.25, -0.2) is 13.6 Å². The number of ether oxygens (including phenoxy) is 2. The summed E-state index contributed by atoms with van der Waals surface area (Å²) in [5.74, 6) is -1.17. The summed E-state index contributed by atoms with van der Waals surface area (Å²) in [6.07, 6.45) is 1.38. The quantitative estimate of drug-likeness (QED) is 0.507. The van der Waals surface area contributed by atoms with Crippen LogP contribution >= 0.6 is 0 Å². The van der Waals surface area contributed by atoms with Crippen molar-refractivity contribution in [1.29, 1.82) is 0 Å². The number of fused-ring (bicyclic) bond motifs is 1. The minimum atomic E-state index is -0.647. The molecule has 0 spiro atoms. The summed E-state index contributed by atoms with van der Waals surface area (Å²) in [6, 6.07) is 6.83. The average molecular weight is 471 g/mol. The highest BCUT2D eigenvalue weighted by Crippen LogP contribution is 2.39. The molecule has 9 heteroatoms. The van der Waals surface area contributed by atoms with E-state index in [0.29, 0.717) is 28.9 Å². The van der Waals surface area contributed by atoms with E-state index in [4.69, 9.17) is 9.47 Å². The van der Waals surface area contributed by atoms with Crippen molar-refractivity contribution in [2.45, 2.75) is 13.8 Å². The molecule has 34 heavy (non-hydrogen) atoms. The van der Waals surface area contributed by atoms with Crippen LogP contribution in [0.2, 0.25) is 0 Å². The predicted molar refractivity (Wildman–Crippen MR) is 128 cm³/mol. The Balaban J connectivity index is 1.90. The first kappa shape index (κ1) is 23.7. The fourth-order valence-electron chi connectivity index (χ4n) is 4.00. The molecule has 4 rings (SSSR count). The molecule has 1 aromatic heterocycles. The number of benzene rings is 2. The van der Waals surface area contributed by atoms with Crippen LogP contribution < -0.4 is 15.0 Å². The number of carbonyl (C=O) groups excluding carboxylic acids is 1. The van der Waals surface area contributed by atoms with Crippen LogP contribution in [0.5, 0.6) is 5.75 Å². The van der Waals surface area contributed by atoms with Gasteiger partial charge in [-0.05, 0) is 39.1 Å². The maximum atomic E-state index is 14.5. The van der Waals surface area contributed by atoms with Gasteiger partial charge in [0.15, 0.2) is 0 Å². The average Bonchev–Trinajstić information content (AvgIpc) is 2.82. The van der Waals surface area contributed by atoms with Gasteiger partial charge in [0.05, 0.1) is 35.8 Å². The Morgan fingerprint density at radius 2 is 1.85 bits per heavy atom. The van der Waals surface area contributed by atoms with Crippen molar-refractivity contribution in [2.24, 2.45) is 0 Å². The van der Waals surface area contributed by atoms with Crippen molar-refractivity contribution >= 4 is 33.9 Å². The van der Waals surface area contributed by atoms with E-state index < -0.39 is 17.6 Å². The number of likely N-dealkylation sites (N-methyl/N-ethyl adjacent to an activating group) is 1. The molecule has 3 aromatic rings. The number of esters is 1. The molecule has 0 aliphatic carbocycles. The van der Waals surface area contributed by atoms with Crippen LogP contribution in [0, 0.1) is 11.6 Å². The van der Waals surface area contributed by atoms with Gasteiger partial charge in [0.25, 0.3) is 0 Å². The van der Waals surface area contributed by atoms with Gasteiger partial charge < -0.3 is 24.6 Å². The molecule has 2 aromatic carbocycles.